The molecule has 0 aromatic heterocycles. The molecule has 1 heterocycles. The summed E-state index contributed by atoms with van der Waals surface area (Å²) in [6, 6.07) is -0.206. The fourth-order valence-electron chi connectivity index (χ4n) is 2.16. The van der Waals surface area contributed by atoms with Crippen molar-refractivity contribution >= 4 is 12.0 Å². The number of urea groups is 1. The maximum atomic E-state index is 12.3. The minimum absolute atomic E-state index is 0.206. The van der Waals surface area contributed by atoms with E-state index in [4.69, 9.17) is 4.74 Å². The van der Waals surface area contributed by atoms with Crippen molar-refractivity contribution < 1.29 is 19.4 Å². The number of nitrogens with zero attached hydrogens (tertiary/aromatic N) is 1. The predicted molar refractivity (Wildman–Crippen MR) is 75.6 cm³/mol. The van der Waals surface area contributed by atoms with Crippen LogP contribution >= 0.6 is 0 Å². The number of nitrogens with one attached hydrogen (secondary N) is 1. The van der Waals surface area contributed by atoms with Gasteiger partial charge in [-0.25, -0.2) is 4.79 Å². The molecule has 1 fully saturated rings. The zero-order chi connectivity index (χ0) is 15.6. The number of carbonyl (C=O) groups excluding carboxylic acids is 1. The highest BCUT2D eigenvalue weighted by Crippen LogP contribution is 2.31. The smallest absolute Gasteiger partial charge is 0.317 e. The minimum Gasteiger partial charge on any atom is -0.481 e. The first-order chi connectivity index (χ1) is 9.11. The van der Waals surface area contributed by atoms with Crippen LogP contribution in [0.25, 0.3) is 0 Å². The minimum atomic E-state index is -1.05. The van der Waals surface area contributed by atoms with Crippen LogP contribution in [0.1, 0.15) is 34.1 Å². The molecule has 2 N–H and O–H groups in total. The average Bonchev–Trinajstić information content (AvgIpc) is 2.77. The van der Waals surface area contributed by atoms with E-state index < -0.39 is 16.9 Å². The maximum absolute atomic E-state index is 12.3. The van der Waals surface area contributed by atoms with Gasteiger partial charge in [-0.2, -0.15) is 0 Å². The van der Waals surface area contributed by atoms with Crippen molar-refractivity contribution in [2.45, 2.75) is 39.7 Å². The molecule has 1 aliphatic heterocycles. The van der Waals surface area contributed by atoms with E-state index in [9.17, 15) is 14.7 Å². The lowest BCUT2D eigenvalue weighted by Gasteiger charge is -2.39. The average molecular weight is 286 g/mol. The molecule has 0 spiro atoms. The zero-order valence-corrected chi connectivity index (χ0v) is 13.0. The second kappa shape index (κ2) is 5.99. The molecule has 1 aliphatic rings. The second-order valence-corrected chi connectivity index (χ2v) is 6.54. The molecule has 0 bridgehead atoms. The van der Waals surface area contributed by atoms with Crippen LogP contribution in [0.15, 0.2) is 0 Å². The van der Waals surface area contributed by atoms with Crippen LogP contribution in [0.2, 0.25) is 0 Å². The highest BCUT2D eigenvalue weighted by molar-refractivity contribution is 5.79. The largest absolute Gasteiger partial charge is 0.481 e. The summed E-state index contributed by atoms with van der Waals surface area (Å²) in [4.78, 5) is 25.3. The normalized spacial score (nSPS) is 20.1. The zero-order valence-electron chi connectivity index (χ0n) is 13.0. The Kier molecular flexibility index (Phi) is 5.02. The van der Waals surface area contributed by atoms with Gasteiger partial charge in [-0.1, -0.05) is 0 Å². The van der Waals surface area contributed by atoms with Crippen LogP contribution in [-0.4, -0.2) is 54.4 Å². The highest BCUT2D eigenvalue weighted by atomic mass is 16.5. The third-order valence-corrected chi connectivity index (χ3v) is 4.49. The molecule has 1 unspecified atom stereocenters. The Labute approximate surface area is 120 Å². The van der Waals surface area contributed by atoms with E-state index in [1.54, 1.807) is 39.7 Å². The summed E-state index contributed by atoms with van der Waals surface area (Å²) in [5.41, 5.74) is -1.89. The topological polar surface area (TPSA) is 78.9 Å². The van der Waals surface area contributed by atoms with Gasteiger partial charge in [0.05, 0.1) is 17.6 Å². The molecule has 116 valence electrons. The molecule has 1 saturated heterocycles. The molecule has 20 heavy (non-hydrogen) atoms. The molecular formula is C14H26N2O4. The first kappa shape index (κ1) is 16.8. The number of amides is 2. The third kappa shape index (κ3) is 3.42. The van der Waals surface area contributed by atoms with Gasteiger partial charge in [-0.05, 0) is 34.1 Å². The van der Waals surface area contributed by atoms with E-state index >= 15 is 0 Å². The van der Waals surface area contributed by atoms with E-state index in [0.717, 1.165) is 6.42 Å². The van der Waals surface area contributed by atoms with E-state index in [1.165, 1.54) is 0 Å². The molecule has 0 aliphatic carbocycles. The van der Waals surface area contributed by atoms with Crippen LogP contribution in [-0.2, 0) is 9.53 Å². The number of rotatable bonds is 5. The van der Waals surface area contributed by atoms with Crippen molar-refractivity contribution in [2.24, 2.45) is 11.3 Å². The highest BCUT2D eigenvalue weighted by Gasteiger charge is 2.45. The van der Waals surface area contributed by atoms with Crippen LogP contribution in [0, 0.1) is 11.3 Å². The van der Waals surface area contributed by atoms with Crippen LogP contribution in [0.4, 0.5) is 4.79 Å². The van der Waals surface area contributed by atoms with Crippen LogP contribution in [0.3, 0.4) is 0 Å². The standard InChI is InChI=1S/C14H26N2O4/c1-13(2,11(17)18)14(3,4)15-12(19)16-7-6-10(8-16)9-20-5/h10H,6-9H2,1-5H3,(H,15,19)(H,17,18). The van der Waals surface area contributed by atoms with E-state index in [1.807, 2.05) is 0 Å². The molecule has 0 aromatic rings. The number of likely N-dealkylation sites (tertiary alicyclic amines) is 1. The van der Waals surface area contributed by atoms with Crippen molar-refractivity contribution in [2.75, 3.05) is 26.8 Å². The number of ether oxygens (including phenoxy) is 1. The van der Waals surface area contributed by atoms with Gasteiger partial charge in [-0.3, -0.25) is 4.79 Å². The summed E-state index contributed by atoms with van der Waals surface area (Å²) in [6.07, 6.45) is 0.921. The quantitative estimate of drug-likeness (QED) is 0.804. The summed E-state index contributed by atoms with van der Waals surface area (Å²) >= 11 is 0. The Balaban J connectivity index is 2.64. The van der Waals surface area contributed by atoms with Crippen molar-refractivity contribution in [1.29, 1.82) is 0 Å². The van der Waals surface area contributed by atoms with Crippen molar-refractivity contribution in [1.82, 2.24) is 10.2 Å². The lowest BCUT2D eigenvalue weighted by Crippen LogP contribution is -2.59. The molecular weight excluding hydrogens is 260 g/mol. The van der Waals surface area contributed by atoms with Crippen LogP contribution < -0.4 is 5.32 Å². The summed E-state index contributed by atoms with van der Waals surface area (Å²) in [6.45, 7) is 8.70. The van der Waals surface area contributed by atoms with E-state index in [0.29, 0.717) is 25.6 Å². The number of aliphatic carboxylic acids is 1. The third-order valence-electron chi connectivity index (χ3n) is 4.49. The molecule has 6 nitrogen and oxygen atoms in total. The monoisotopic (exact) mass is 286 g/mol. The Hall–Kier alpha value is -1.30. The van der Waals surface area contributed by atoms with Gasteiger partial charge >= 0.3 is 12.0 Å². The van der Waals surface area contributed by atoms with E-state index in [2.05, 4.69) is 5.32 Å². The number of hydrogen-bond donors (Lipinski definition) is 2. The predicted octanol–water partition coefficient (Wildman–Crippen LogP) is 1.55. The second-order valence-electron chi connectivity index (χ2n) is 6.54. The maximum Gasteiger partial charge on any atom is 0.317 e. The Morgan fingerprint density at radius 1 is 1.35 bits per heavy atom. The number of hydrogen-bond acceptors (Lipinski definition) is 3. The molecule has 0 aromatic carbocycles. The Bertz CT molecular complexity index is 379. The van der Waals surface area contributed by atoms with Crippen molar-refractivity contribution in [3.63, 3.8) is 0 Å². The summed E-state index contributed by atoms with van der Waals surface area (Å²) in [7, 11) is 1.65. The van der Waals surface area contributed by atoms with Gasteiger partial charge in [0.1, 0.15) is 0 Å². The molecule has 0 saturated carbocycles. The fraction of sp³-hybridized carbons (Fsp3) is 0.857. The Morgan fingerprint density at radius 3 is 2.45 bits per heavy atom. The number of carbonyl (C=O) groups is 2. The summed E-state index contributed by atoms with van der Waals surface area (Å²) < 4.78 is 5.10. The first-order valence-electron chi connectivity index (χ1n) is 6.91. The SMILES string of the molecule is COCC1CCN(C(=O)NC(C)(C)C(C)(C)C(=O)O)C1. The number of methoxy groups -OCH3 is 1. The molecule has 6 heteroatoms. The van der Waals surface area contributed by atoms with Gasteiger partial charge in [0.15, 0.2) is 0 Å². The van der Waals surface area contributed by atoms with Gasteiger partial charge < -0.3 is 20.1 Å². The molecule has 1 atom stereocenters. The lowest BCUT2D eigenvalue weighted by atomic mass is 9.74. The molecule has 2 amide bonds. The number of carboxylic acids is 1. The van der Waals surface area contributed by atoms with E-state index in [-0.39, 0.29) is 6.03 Å². The fourth-order valence-corrected chi connectivity index (χ4v) is 2.16. The molecule has 1 rings (SSSR count). The lowest BCUT2D eigenvalue weighted by molar-refractivity contribution is -0.150. The summed E-state index contributed by atoms with van der Waals surface area (Å²) in [5.74, 6) is -0.567. The first-order valence-corrected chi connectivity index (χ1v) is 6.91. The molecule has 0 radical (unpaired) electrons. The Morgan fingerprint density at radius 2 is 1.95 bits per heavy atom. The van der Waals surface area contributed by atoms with Crippen LogP contribution in [0.5, 0.6) is 0 Å². The van der Waals surface area contributed by atoms with Gasteiger partial charge in [0, 0.05) is 26.1 Å². The van der Waals surface area contributed by atoms with Crippen molar-refractivity contribution in [3.8, 4) is 0 Å². The van der Waals surface area contributed by atoms with Gasteiger partial charge in [-0.15, -0.1) is 0 Å². The van der Waals surface area contributed by atoms with Gasteiger partial charge in [0.2, 0.25) is 0 Å². The number of carboxylic acid groups (broad SMARTS) is 1. The van der Waals surface area contributed by atoms with Gasteiger partial charge in [0.25, 0.3) is 0 Å². The van der Waals surface area contributed by atoms with Crippen molar-refractivity contribution in [3.05, 3.63) is 0 Å². The summed E-state index contributed by atoms with van der Waals surface area (Å²) in [5, 5.41) is 12.1.